The van der Waals surface area contributed by atoms with Crippen LogP contribution in [0, 0.1) is 17.0 Å². The van der Waals surface area contributed by atoms with E-state index in [0.29, 0.717) is 12.1 Å². The standard InChI is InChI=1S/C22H20F2N4O3/c1-4-30-19(29)18-27-28-20(31-18)22-9-8-12(21(22,2)3)11-10-15(25-26-17(11)22)16-13(23)6-5-7-14(16)24/h5-7,10,12H,4,8-9H2,1-3H3/t12-,22+/m0/s1. The molecule has 0 unspecified atom stereocenters. The Balaban J connectivity index is 1.65. The fourth-order valence-corrected chi connectivity index (χ4v) is 5.33. The normalized spacial score (nSPS) is 23.1. The Morgan fingerprint density at radius 3 is 2.65 bits per heavy atom. The van der Waals surface area contributed by atoms with E-state index in [9.17, 15) is 13.6 Å². The highest BCUT2D eigenvalue weighted by molar-refractivity contribution is 5.83. The highest BCUT2D eigenvalue weighted by Gasteiger charge is 2.67. The van der Waals surface area contributed by atoms with E-state index in [0.717, 1.165) is 12.0 Å². The molecule has 1 fully saturated rings. The number of hydrogen-bond donors (Lipinski definition) is 0. The molecule has 0 N–H and O–H groups in total. The molecule has 9 heteroatoms. The number of nitrogens with zero attached hydrogens (tertiary/aromatic N) is 4. The Bertz CT molecular complexity index is 1190. The first-order valence-corrected chi connectivity index (χ1v) is 10.1. The molecule has 1 saturated carbocycles. The summed E-state index contributed by atoms with van der Waals surface area (Å²) in [5, 5.41) is 16.6. The van der Waals surface area contributed by atoms with Gasteiger partial charge in [-0.2, -0.15) is 5.10 Å². The van der Waals surface area contributed by atoms with Crippen LogP contribution in [-0.4, -0.2) is 33.0 Å². The van der Waals surface area contributed by atoms with E-state index in [1.165, 1.54) is 18.2 Å². The van der Waals surface area contributed by atoms with Crippen LogP contribution in [0.4, 0.5) is 8.78 Å². The molecule has 2 bridgehead atoms. The van der Waals surface area contributed by atoms with Gasteiger partial charge < -0.3 is 9.15 Å². The molecular weight excluding hydrogens is 406 g/mol. The molecule has 31 heavy (non-hydrogen) atoms. The third-order valence-electron chi connectivity index (χ3n) is 6.84. The summed E-state index contributed by atoms with van der Waals surface area (Å²) in [6, 6.07) is 5.41. The molecule has 2 atom stereocenters. The minimum atomic E-state index is -0.746. The van der Waals surface area contributed by atoms with Crippen LogP contribution in [0.3, 0.4) is 0 Å². The molecule has 2 aliphatic rings. The number of ether oxygens (including phenoxy) is 1. The maximum absolute atomic E-state index is 14.3. The predicted octanol–water partition coefficient (Wildman–Crippen LogP) is 4.18. The van der Waals surface area contributed by atoms with Gasteiger partial charge in [0.15, 0.2) is 0 Å². The van der Waals surface area contributed by atoms with Gasteiger partial charge >= 0.3 is 11.9 Å². The van der Waals surface area contributed by atoms with Gasteiger partial charge in [0.2, 0.25) is 5.89 Å². The van der Waals surface area contributed by atoms with Crippen molar-refractivity contribution in [2.45, 2.75) is 44.9 Å². The highest BCUT2D eigenvalue weighted by atomic mass is 19.1. The topological polar surface area (TPSA) is 91.0 Å². The van der Waals surface area contributed by atoms with Crippen molar-refractivity contribution in [2.24, 2.45) is 5.41 Å². The Morgan fingerprint density at radius 2 is 1.94 bits per heavy atom. The summed E-state index contributed by atoms with van der Waals surface area (Å²) in [4.78, 5) is 12.0. The summed E-state index contributed by atoms with van der Waals surface area (Å²) in [7, 11) is 0. The van der Waals surface area contributed by atoms with Crippen LogP contribution in [0.2, 0.25) is 0 Å². The number of carbonyl (C=O) groups is 1. The average molecular weight is 426 g/mol. The number of rotatable bonds is 4. The van der Waals surface area contributed by atoms with Crippen molar-refractivity contribution in [3.8, 4) is 11.3 Å². The summed E-state index contributed by atoms with van der Waals surface area (Å²) in [6.07, 6.45) is 1.49. The lowest BCUT2D eigenvalue weighted by atomic mass is 9.68. The van der Waals surface area contributed by atoms with Gasteiger partial charge in [0.1, 0.15) is 11.6 Å². The minimum Gasteiger partial charge on any atom is -0.459 e. The molecule has 160 valence electrons. The van der Waals surface area contributed by atoms with Crippen LogP contribution < -0.4 is 0 Å². The molecule has 0 spiro atoms. The second kappa shape index (κ2) is 6.63. The van der Waals surface area contributed by atoms with Crippen LogP contribution in [-0.2, 0) is 10.2 Å². The lowest BCUT2D eigenvalue weighted by Crippen LogP contribution is -2.37. The van der Waals surface area contributed by atoms with Crippen molar-refractivity contribution in [3.63, 3.8) is 0 Å². The SMILES string of the molecule is CCOC(=O)c1nnc([C@@]23CC[C@@H](c4cc(-c5c(F)cccc5F)nnc42)C3(C)C)o1. The predicted molar refractivity (Wildman–Crippen MR) is 104 cm³/mol. The molecule has 0 saturated heterocycles. The van der Waals surface area contributed by atoms with Crippen LogP contribution >= 0.6 is 0 Å². The Kier molecular flexibility index (Phi) is 4.22. The van der Waals surface area contributed by atoms with Crippen molar-refractivity contribution in [1.29, 1.82) is 0 Å². The number of fused-ring (bicyclic) bond motifs is 5. The molecule has 1 aromatic carbocycles. The zero-order valence-electron chi connectivity index (χ0n) is 17.3. The van der Waals surface area contributed by atoms with E-state index < -0.39 is 23.0 Å². The monoisotopic (exact) mass is 426 g/mol. The zero-order chi connectivity index (χ0) is 22.0. The molecule has 2 aliphatic carbocycles. The molecule has 0 radical (unpaired) electrons. The van der Waals surface area contributed by atoms with Gasteiger partial charge in [-0.05, 0) is 54.9 Å². The number of hydrogen-bond acceptors (Lipinski definition) is 7. The second-order valence-corrected chi connectivity index (χ2v) is 8.48. The van der Waals surface area contributed by atoms with Gasteiger partial charge in [0.05, 0.1) is 29.0 Å². The lowest BCUT2D eigenvalue weighted by Gasteiger charge is -2.34. The molecule has 3 aromatic rings. The molecule has 5 rings (SSSR count). The Labute approximate surface area is 176 Å². The van der Waals surface area contributed by atoms with Crippen molar-refractivity contribution in [1.82, 2.24) is 20.4 Å². The summed E-state index contributed by atoms with van der Waals surface area (Å²) >= 11 is 0. The summed E-state index contributed by atoms with van der Waals surface area (Å²) in [6.45, 7) is 6.03. The summed E-state index contributed by atoms with van der Waals surface area (Å²) in [5.41, 5.74) is 0.326. The van der Waals surface area contributed by atoms with Gasteiger partial charge in [-0.15, -0.1) is 15.3 Å². The molecule has 7 nitrogen and oxygen atoms in total. The second-order valence-electron chi connectivity index (χ2n) is 8.48. The Morgan fingerprint density at radius 1 is 1.19 bits per heavy atom. The summed E-state index contributed by atoms with van der Waals surface area (Å²) < 4.78 is 39.4. The quantitative estimate of drug-likeness (QED) is 0.578. The van der Waals surface area contributed by atoms with Gasteiger partial charge in [0.25, 0.3) is 0 Å². The molecule has 2 aromatic heterocycles. The van der Waals surface area contributed by atoms with Crippen LogP contribution in [0.5, 0.6) is 0 Å². The van der Waals surface area contributed by atoms with Crippen molar-refractivity contribution < 1.29 is 22.7 Å². The highest BCUT2D eigenvalue weighted by Crippen LogP contribution is 2.69. The zero-order valence-corrected chi connectivity index (χ0v) is 17.3. The van der Waals surface area contributed by atoms with Crippen molar-refractivity contribution in [3.05, 3.63) is 58.9 Å². The van der Waals surface area contributed by atoms with Gasteiger partial charge in [-0.25, -0.2) is 13.6 Å². The van der Waals surface area contributed by atoms with Crippen LogP contribution in [0.25, 0.3) is 11.3 Å². The first-order valence-electron chi connectivity index (χ1n) is 10.1. The molecule has 0 amide bonds. The van der Waals surface area contributed by atoms with Crippen molar-refractivity contribution >= 4 is 5.97 Å². The minimum absolute atomic E-state index is 0.0597. The van der Waals surface area contributed by atoms with Gasteiger partial charge in [-0.1, -0.05) is 19.9 Å². The fourth-order valence-electron chi connectivity index (χ4n) is 5.33. The van der Waals surface area contributed by atoms with E-state index in [1.807, 2.05) is 0 Å². The maximum atomic E-state index is 14.3. The maximum Gasteiger partial charge on any atom is 0.396 e. The fraction of sp³-hybridized carbons (Fsp3) is 0.409. The molecule has 2 heterocycles. The van der Waals surface area contributed by atoms with Gasteiger partial charge in [-0.3, -0.25) is 0 Å². The smallest absolute Gasteiger partial charge is 0.396 e. The number of carbonyl (C=O) groups excluding carboxylic acids is 1. The van der Waals surface area contributed by atoms with E-state index in [-0.39, 0.29) is 41.0 Å². The van der Waals surface area contributed by atoms with Crippen LogP contribution in [0.15, 0.2) is 28.7 Å². The van der Waals surface area contributed by atoms with E-state index >= 15 is 0 Å². The molecular formula is C22H20F2N4O3. The number of aromatic nitrogens is 4. The average Bonchev–Trinajstić information content (AvgIpc) is 3.37. The third kappa shape index (κ3) is 2.52. The van der Waals surface area contributed by atoms with E-state index in [2.05, 4.69) is 34.2 Å². The summed E-state index contributed by atoms with van der Waals surface area (Å²) in [5.74, 6) is -1.94. The van der Waals surface area contributed by atoms with Crippen molar-refractivity contribution in [2.75, 3.05) is 6.61 Å². The number of benzene rings is 1. The number of esters is 1. The molecule has 0 aliphatic heterocycles. The van der Waals surface area contributed by atoms with E-state index in [1.54, 1.807) is 13.0 Å². The third-order valence-corrected chi connectivity index (χ3v) is 6.84. The van der Waals surface area contributed by atoms with E-state index in [4.69, 9.17) is 9.15 Å². The Hall–Kier alpha value is -3.23. The first-order chi connectivity index (χ1) is 14.8. The number of halogens is 2. The lowest BCUT2D eigenvalue weighted by molar-refractivity contribution is 0.0474. The largest absolute Gasteiger partial charge is 0.459 e. The van der Waals surface area contributed by atoms with Gasteiger partial charge in [0, 0.05) is 0 Å². The first kappa shape index (κ1) is 19.7. The van der Waals surface area contributed by atoms with Crippen LogP contribution in [0.1, 0.15) is 67.4 Å².